The third-order valence-corrected chi connectivity index (χ3v) is 3.59. The molecular weight excluding hydrogens is 294 g/mol. The Labute approximate surface area is 117 Å². The Morgan fingerprint density at radius 2 is 2.22 bits per heavy atom. The zero-order valence-electron chi connectivity index (χ0n) is 10.9. The maximum atomic E-state index is 4.42. The van der Waals surface area contributed by atoms with Gasteiger partial charge in [-0.1, -0.05) is 0 Å². The van der Waals surface area contributed by atoms with Crippen LogP contribution in [0.2, 0.25) is 0 Å². The van der Waals surface area contributed by atoms with Gasteiger partial charge in [0.2, 0.25) is 5.95 Å². The van der Waals surface area contributed by atoms with E-state index in [1.807, 2.05) is 6.92 Å². The van der Waals surface area contributed by atoms with E-state index in [9.17, 15) is 0 Å². The first-order valence-electron chi connectivity index (χ1n) is 6.41. The Kier molecular flexibility index (Phi) is 4.77. The molecule has 0 saturated heterocycles. The lowest BCUT2D eigenvalue weighted by atomic mass is 10.5. The molecule has 0 bridgehead atoms. The monoisotopic (exact) mass is 313 g/mol. The Hall–Kier alpha value is -0.880. The van der Waals surface area contributed by atoms with Crippen LogP contribution in [0.1, 0.15) is 19.8 Å². The molecule has 18 heavy (non-hydrogen) atoms. The highest BCUT2D eigenvalue weighted by Gasteiger charge is 2.25. The van der Waals surface area contributed by atoms with Gasteiger partial charge in [0, 0.05) is 31.9 Å². The van der Waals surface area contributed by atoms with Gasteiger partial charge in [-0.25, -0.2) is 4.98 Å². The zero-order chi connectivity index (χ0) is 13.0. The smallest absolute Gasteiger partial charge is 0.224 e. The lowest BCUT2D eigenvalue weighted by Crippen LogP contribution is -2.27. The molecule has 0 aromatic carbocycles. The van der Waals surface area contributed by atoms with E-state index >= 15 is 0 Å². The van der Waals surface area contributed by atoms with Crippen molar-refractivity contribution in [3.8, 4) is 0 Å². The van der Waals surface area contributed by atoms with E-state index in [1.165, 1.54) is 12.8 Å². The van der Waals surface area contributed by atoms with E-state index in [0.29, 0.717) is 5.95 Å². The van der Waals surface area contributed by atoms with Gasteiger partial charge in [0.25, 0.3) is 0 Å². The summed E-state index contributed by atoms with van der Waals surface area (Å²) in [4.78, 5) is 11.0. The van der Waals surface area contributed by atoms with Crippen LogP contribution in [0.3, 0.4) is 0 Å². The molecule has 1 fully saturated rings. The maximum absolute atomic E-state index is 4.42. The summed E-state index contributed by atoms with van der Waals surface area (Å²) in [5.74, 6) is 1.52. The summed E-state index contributed by atoms with van der Waals surface area (Å²) < 4.78 is 0.901. The first kappa shape index (κ1) is 13.5. The van der Waals surface area contributed by atoms with Crippen LogP contribution in [0.4, 0.5) is 11.8 Å². The Morgan fingerprint density at radius 3 is 2.89 bits per heavy atom. The number of likely N-dealkylation sites (N-methyl/N-ethyl adjacent to an activating group) is 1. The number of anilines is 2. The summed E-state index contributed by atoms with van der Waals surface area (Å²) in [6, 6.07) is 0.804. The number of halogens is 1. The number of nitrogens with zero attached hydrogens (tertiary/aromatic N) is 3. The van der Waals surface area contributed by atoms with E-state index in [4.69, 9.17) is 0 Å². The molecule has 1 aliphatic rings. The number of nitrogens with one attached hydrogen (secondary N) is 2. The van der Waals surface area contributed by atoms with Crippen molar-refractivity contribution in [1.29, 1.82) is 0 Å². The highest BCUT2D eigenvalue weighted by Crippen LogP contribution is 2.25. The average molecular weight is 314 g/mol. The molecule has 0 atom stereocenters. The molecule has 1 aliphatic carbocycles. The standard InChI is InChI=1S/C12H20BrN5/c1-3-14-12-16-8-10(13)11(17-12)15-6-7-18(2)9-4-5-9/h8-9H,3-7H2,1-2H3,(H2,14,15,16,17). The summed E-state index contributed by atoms with van der Waals surface area (Å²) >= 11 is 3.46. The third-order valence-electron chi connectivity index (χ3n) is 3.01. The van der Waals surface area contributed by atoms with Crippen molar-refractivity contribution >= 4 is 27.7 Å². The average Bonchev–Trinajstić information content (AvgIpc) is 3.17. The first-order valence-corrected chi connectivity index (χ1v) is 7.20. The molecule has 6 heteroatoms. The van der Waals surface area contributed by atoms with E-state index in [2.05, 4.69) is 48.5 Å². The van der Waals surface area contributed by atoms with Gasteiger partial charge >= 0.3 is 0 Å². The maximum Gasteiger partial charge on any atom is 0.224 e. The van der Waals surface area contributed by atoms with Crippen molar-refractivity contribution < 1.29 is 0 Å². The van der Waals surface area contributed by atoms with Crippen molar-refractivity contribution in [2.24, 2.45) is 0 Å². The van der Waals surface area contributed by atoms with Crippen LogP contribution in [0.5, 0.6) is 0 Å². The molecule has 1 aromatic rings. The number of hydrogen-bond acceptors (Lipinski definition) is 5. The fourth-order valence-electron chi connectivity index (χ4n) is 1.78. The molecule has 0 spiro atoms. The number of rotatable bonds is 7. The summed E-state index contributed by atoms with van der Waals surface area (Å²) in [6.07, 6.45) is 4.47. The minimum atomic E-state index is 0.666. The summed E-state index contributed by atoms with van der Waals surface area (Å²) in [6.45, 7) is 4.79. The summed E-state index contributed by atoms with van der Waals surface area (Å²) in [7, 11) is 2.18. The Balaban J connectivity index is 1.84. The molecule has 0 radical (unpaired) electrons. The summed E-state index contributed by atoms with van der Waals surface area (Å²) in [5.41, 5.74) is 0. The quantitative estimate of drug-likeness (QED) is 0.808. The van der Waals surface area contributed by atoms with Gasteiger partial charge in [-0.3, -0.25) is 0 Å². The largest absolute Gasteiger partial charge is 0.368 e. The van der Waals surface area contributed by atoms with Gasteiger partial charge < -0.3 is 15.5 Å². The van der Waals surface area contributed by atoms with Gasteiger partial charge in [-0.2, -0.15) is 4.98 Å². The lowest BCUT2D eigenvalue weighted by molar-refractivity contribution is 0.337. The predicted octanol–water partition coefficient (Wildman–Crippen LogP) is 2.18. The van der Waals surface area contributed by atoms with Crippen LogP contribution >= 0.6 is 15.9 Å². The van der Waals surface area contributed by atoms with E-state index in [1.54, 1.807) is 6.20 Å². The van der Waals surface area contributed by atoms with Crippen molar-refractivity contribution in [2.75, 3.05) is 37.3 Å². The third kappa shape index (κ3) is 3.81. The molecule has 1 heterocycles. The second-order valence-electron chi connectivity index (χ2n) is 4.56. The van der Waals surface area contributed by atoms with Crippen LogP contribution in [0.15, 0.2) is 10.7 Å². The molecule has 2 rings (SSSR count). The molecule has 100 valence electrons. The van der Waals surface area contributed by atoms with E-state index in [-0.39, 0.29) is 0 Å². The fourth-order valence-corrected chi connectivity index (χ4v) is 2.11. The van der Waals surface area contributed by atoms with Gasteiger partial charge in [-0.15, -0.1) is 0 Å². The molecular formula is C12H20BrN5. The minimum Gasteiger partial charge on any atom is -0.368 e. The van der Waals surface area contributed by atoms with Crippen LogP contribution in [0.25, 0.3) is 0 Å². The Bertz CT molecular complexity index is 394. The molecule has 0 amide bonds. The zero-order valence-corrected chi connectivity index (χ0v) is 12.5. The van der Waals surface area contributed by atoms with Crippen LogP contribution in [-0.2, 0) is 0 Å². The van der Waals surface area contributed by atoms with Crippen molar-refractivity contribution in [2.45, 2.75) is 25.8 Å². The number of hydrogen-bond donors (Lipinski definition) is 2. The topological polar surface area (TPSA) is 53.1 Å². The highest BCUT2D eigenvalue weighted by atomic mass is 79.9. The molecule has 2 N–H and O–H groups in total. The second kappa shape index (κ2) is 6.33. The van der Waals surface area contributed by atoms with Gasteiger partial charge in [0.15, 0.2) is 0 Å². The van der Waals surface area contributed by atoms with Crippen LogP contribution in [0, 0.1) is 0 Å². The van der Waals surface area contributed by atoms with E-state index in [0.717, 1.165) is 36.0 Å². The summed E-state index contributed by atoms with van der Waals surface area (Å²) in [5, 5.41) is 6.45. The van der Waals surface area contributed by atoms with Gasteiger partial charge in [-0.05, 0) is 42.7 Å². The second-order valence-corrected chi connectivity index (χ2v) is 5.41. The number of aromatic nitrogens is 2. The Morgan fingerprint density at radius 1 is 1.44 bits per heavy atom. The van der Waals surface area contributed by atoms with Crippen molar-refractivity contribution in [3.05, 3.63) is 10.7 Å². The van der Waals surface area contributed by atoms with Crippen LogP contribution < -0.4 is 10.6 Å². The van der Waals surface area contributed by atoms with Gasteiger partial charge in [0.1, 0.15) is 5.82 Å². The lowest BCUT2D eigenvalue weighted by Gasteiger charge is -2.16. The van der Waals surface area contributed by atoms with Crippen LogP contribution in [-0.4, -0.2) is 47.6 Å². The van der Waals surface area contributed by atoms with E-state index < -0.39 is 0 Å². The first-order chi connectivity index (χ1) is 8.70. The molecule has 1 saturated carbocycles. The highest BCUT2D eigenvalue weighted by molar-refractivity contribution is 9.10. The normalized spacial score (nSPS) is 14.9. The van der Waals surface area contributed by atoms with Gasteiger partial charge in [0.05, 0.1) is 4.47 Å². The van der Waals surface area contributed by atoms with Crippen molar-refractivity contribution in [3.63, 3.8) is 0 Å². The SMILES string of the molecule is CCNc1ncc(Br)c(NCCN(C)C2CC2)n1. The minimum absolute atomic E-state index is 0.666. The fraction of sp³-hybridized carbons (Fsp3) is 0.667. The molecule has 5 nitrogen and oxygen atoms in total. The molecule has 0 unspecified atom stereocenters. The molecule has 0 aliphatic heterocycles. The molecule has 1 aromatic heterocycles. The van der Waals surface area contributed by atoms with Crippen molar-refractivity contribution in [1.82, 2.24) is 14.9 Å². The predicted molar refractivity (Wildman–Crippen MR) is 78.0 cm³/mol.